The molecule has 4 amide bonds. The largest absolute Gasteiger partial charge is 0.338 e. The minimum absolute atomic E-state index is 0.269. The maximum Gasteiger partial charge on any atom is 0.318 e. The van der Waals surface area contributed by atoms with Crippen molar-refractivity contribution in [2.24, 2.45) is 11.8 Å². The van der Waals surface area contributed by atoms with Gasteiger partial charge in [0, 0.05) is 17.6 Å². The Hall–Kier alpha value is -2.86. The van der Waals surface area contributed by atoms with Gasteiger partial charge in [-0.25, -0.2) is 9.69 Å². The van der Waals surface area contributed by atoms with Gasteiger partial charge in [-0.05, 0) is 37.1 Å². The lowest BCUT2D eigenvalue weighted by atomic mass is 9.87. The quantitative estimate of drug-likeness (QED) is 0.554. The Bertz CT molecular complexity index is 997. The van der Waals surface area contributed by atoms with Crippen LogP contribution in [-0.4, -0.2) is 35.3 Å². The van der Waals surface area contributed by atoms with Crippen LogP contribution in [0.1, 0.15) is 38.3 Å². The summed E-state index contributed by atoms with van der Waals surface area (Å²) in [7, 11) is 0. The van der Waals surface area contributed by atoms with Crippen LogP contribution >= 0.6 is 11.6 Å². The van der Waals surface area contributed by atoms with Crippen LogP contribution in [0.15, 0.2) is 54.6 Å². The van der Waals surface area contributed by atoms with E-state index in [-0.39, 0.29) is 17.8 Å². The van der Waals surface area contributed by atoms with Gasteiger partial charge in [-0.3, -0.25) is 9.59 Å². The molecule has 162 valence electrons. The van der Waals surface area contributed by atoms with E-state index in [9.17, 15) is 14.4 Å². The summed E-state index contributed by atoms with van der Waals surface area (Å²) in [6.45, 7) is 4.44. The van der Waals surface area contributed by atoms with Gasteiger partial charge in [0.25, 0.3) is 0 Å². The number of fused-ring (bicyclic) bond motifs is 1. The minimum atomic E-state index is -0.681. The molecule has 0 spiro atoms. The highest BCUT2D eigenvalue weighted by Crippen LogP contribution is 2.51. The molecule has 4 atom stereocenters. The lowest BCUT2D eigenvalue weighted by Gasteiger charge is -2.32. The van der Waals surface area contributed by atoms with Crippen molar-refractivity contribution >= 4 is 35.1 Å². The third kappa shape index (κ3) is 3.59. The average molecular weight is 440 g/mol. The van der Waals surface area contributed by atoms with Gasteiger partial charge >= 0.3 is 6.03 Å². The molecular formula is C24H26ClN3O3. The van der Waals surface area contributed by atoms with Gasteiger partial charge in [0.1, 0.15) is 0 Å². The number of nitrogens with zero attached hydrogens (tertiary/aromatic N) is 2. The Balaban J connectivity index is 1.76. The number of amides is 4. The van der Waals surface area contributed by atoms with Crippen LogP contribution in [-0.2, 0) is 9.59 Å². The summed E-state index contributed by atoms with van der Waals surface area (Å²) >= 11 is 6.51. The number of urea groups is 1. The van der Waals surface area contributed by atoms with E-state index in [1.54, 1.807) is 35.2 Å². The molecule has 0 radical (unpaired) electrons. The minimum Gasteiger partial charge on any atom is -0.338 e. The van der Waals surface area contributed by atoms with E-state index in [0.717, 1.165) is 12.8 Å². The van der Waals surface area contributed by atoms with Gasteiger partial charge in [-0.1, -0.05) is 61.3 Å². The van der Waals surface area contributed by atoms with Crippen molar-refractivity contribution in [2.75, 3.05) is 11.4 Å². The molecule has 0 aromatic heterocycles. The lowest BCUT2D eigenvalue weighted by molar-refractivity contribution is -0.123. The summed E-state index contributed by atoms with van der Waals surface area (Å²) in [6, 6.07) is 14.8. The van der Waals surface area contributed by atoms with Gasteiger partial charge in [0.05, 0.1) is 23.6 Å². The van der Waals surface area contributed by atoms with Crippen LogP contribution < -0.4 is 10.2 Å². The molecule has 2 fully saturated rings. The molecule has 4 unspecified atom stereocenters. The lowest BCUT2D eigenvalue weighted by Crippen LogP contribution is -2.47. The van der Waals surface area contributed by atoms with Gasteiger partial charge in [0.15, 0.2) is 0 Å². The molecule has 0 saturated carbocycles. The highest BCUT2D eigenvalue weighted by atomic mass is 35.5. The Kier molecular flexibility index (Phi) is 6.01. The number of carbonyl (C=O) groups is 3. The highest BCUT2D eigenvalue weighted by molar-refractivity contribution is 6.31. The van der Waals surface area contributed by atoms with Gasteiger partial charge in [-0.15, -0.1) is 0 Å². The maximum absolute atomic E-state index is 13.6. The number of benzene rings is 2. The maximum atomic E-state index is 13.6. The second kappa shape index (κ2) is 8.71. The fraction of sp³-hybridized carbons (Fsp3) is 0.375. The molecule has 0 aliphatic carbocycles. The Morgan fingerprint density at radius 2 is 1.65 bits per heavy atom. The molecule has 2 aliphatic rings. The Morgan fingerprint density at radius 1 is 1.00 bits per heavy atom. The number of rotatable bonds is 5. The number of hydrogen-bond acceptors (Lipinski definition) is 3. The van der Waals surface area contributed by atoms with Crippen LogP contribution in [0.5, 0.6) is 0 Å². The van der Waals surface area contributed by atoms with Gasteiger partial charge in [-0.2, -0.15) is 0 Å². The number of para-hydroxylation sites is 1. The van der Waals surface area contributed by atoms with E-state index in [2.05, 4.69) is 12.2 Å². The highest BCUT2D eigenvalue weighted by Gasteiger charge is 2.62. The second-order valence-corrected chi connectivity index (χ2v) is 8.51. The van der Waals surface area contributed by atoms with E-state index in [1.165, 1.54) is 4.90 Å². The van der Waals surface area contributed by atoms with Crippen molar-refractivity contribution in [3.05, 3.63) is 65.2 Å². The predicted molar refractivity (Wildman–Crippen MR) is 120 cm³/mol. The van der Waals surface area contributed by atoms with E-state index in [0.29, 0.717) is 22.8 Å². The standard InChI is InChI=1S/C24H26ClN3O3/c1-3-4-14-26-24(31)27-15(2)19-20(21(27)17-12-8-9-13-18(17)25)23(30)28(22(19)29)16-10-6-5-7-11-16/h5-13,15,19-21H,3-4,14H2,1-2H3,(H,26,31). The fourth-order valence-electron chi connectivity index (χ4n) is 4.82. The molecule has 0 bridgehead atoms. The summed E-state index contributed by atoms with van der Waals surface area (Å²) in [5.74, 6) is -1.86. The van der Waals surface area contributed by atoms with Crippen molar-refractivity contribution in [1.29, 1.82) is 0 Å². The van der Waals surface area contributed by atoms with Crippen molar-refractivity contribution in [2.45, 2.75) is 38.8 Å². The van der Waals surface area contributed by atoms with Crippen molar-refractivity contribution in [3.63, 3.8) is 0 Å². The van der Waals surface area contributed by atoms with Crippen LogP contribution in [0.2, 0.25) is 5.02 Å². The SMILES string of the molecule is CCCCNC(=O)N1C(C)C2C(=O)N(c3ccccc3)C(=O)C2C1c1ccccc1Cl. The number of halogens is 1. The molecular weight excluding hydrogens is 414 g/mol. The van der Waals surface area contributed by atoms with Crippen LogP contribution in [0, 0.1) is 11.8 Å². The predicted octanol–water partition coefficient (Wildman–Crippen LogP) is 4.40. The fourth-order valence-corrected chi connectivity index (χ4v) is 5.06. The third-order valence-corrected chi connectivity index (χ3v) is 6.62. The van der Waals surface area contributed by atoms with Crippen LogP contribution in [0.3, 0.4) is 0 Å². The first-order valence-electron chi connectivity index (χ1n) is 10.7. The summed E-state index contributed by atoms with van der Waals surface area (Å²) in [4.78, 5) is 43.0. The number of anilines is 1. The third-order valence-electron chi connectivity index (χ3n) is 6.28. The summed E-state index contributed by atoms with van der Waals surface area (Å²) in [5.41, 5.74) is 1.24. The summed E-state index contributed by atoms with van der Waals surface area (Å²) < 4.78 is 0. The number of imide groups is 1. The number of unbranched alkanes of at least 4 members (excludes halogenated alkanes) is 1. The topological polar surface area (TPSA) is 69.7 Å². The normalized spacial score (nSPS) is 25.1. The zero-order valence-corrected chi connectivity index (χ0v) is 18.4. The Morgan fingerprint density at radius 3 is 2.32 bits per heavy atom. The molecule has 4 rings (SSSR count). The van der Waals surface area contributed by atoms with Crippen LogP contribution in [0.25, 0.3) is 0 Å². The molecule has 2 aromatic carbocycles. The summed E-state index contributed by atoms with van der Waals surface area (Å²) in [5, 5.41) is 3.42. The molecule has 31 heavy (non-hydrogen) atoms. The van der Waals surface area contributed by atoms with Crippen LogP contribution in [0.4, 0.5) is 10.5 Å². The molecule has 2 aliphatic heterocycles. The molecule has 2 aromatic rings. The number of likely N-dealkylation sites (tertiary alicyclic amines) is 1. The first kappa shape index (κ1) is 21.4. The first-order valence-corrected chi connectivity index (χ1v) is 11.1. The molecule has 7 heteroatoms. The van der Waals surface area contributed by atoms with E-state index in [4.69, 9.17) is 11.6 Å². The molecule has 2 saturated heterocycles. The Labute approximate surface area is 187 Å². The number of nitrogens with one attached hydrogen (secondary N) is 1. The van der Waals surface area contributed by atoms with E-state index < -0.39 is 23.9 Å². The van der Waals surface area contributed by atoms with Crippen molar-refractivity contribution in [1.82, 2.24) is 10.2 Å². The van der Waals surface area contributed by atoms with Crippen molar-refractivity contribution < 1.29 is 14.4 Å². The second-order valence-electron chi connectivity index (χ2n) is 8.10. The zero-order chi connectivity index (χ0) is 22.1. The van der Waals surface area contributed by atoms with Gasteiger partial charge < -0.3 is 10.2 Å². The van der Waals surface area contributed by atoms with Crippen molar-refractivity contribution in [3.8, 4) is 0 Å². The molecule has 6 nitrogen and oxygen atoms in total. The smallest absolute Gasteiger partial charge is 0.318 e. The summed E-state index contributed by atoms with van der Waals surface area (Å²) in [6.07, 6.45) is 1.81. The molecule has 2 heterocycles. The zero-order valence-electron chi connectivity index (χ0n) is 17.6. The average Bonchev–Trinajstić information content (AvgIpc) is 3.21. The monoisotopic (exact) mass is 439 g/mol. The number of hydrogen-bond donors (Lipinski definition) is 1. The van der Waals surface area contributed by atoms with Gasteiger partial charge in [0.2, 0.25) is 11.8 Å². The molecule has 1 N–H and O–H groups in total. The first-order chi connectivity index (χ1) is 15.0. The van der Waals surface area contributed by atoms with E-state index >= 15 is 0 Å². The van der Waals surface area contributed by atoms with E-state index in [1.807, 2.05) is 31.2 Å². The number of carbonyl (C=O) groups excluding carboxylic acids is 3.